The number of ketones is 1. The van der Waals surface area contributed by atoms with Crippen molar-refractivity contribution in [1.82, 2.24) is 15.2 Å². The Morgan fingerprint density at radius 2 is 1.37 bits per heavy atom. The SMILES string of the molecule is CC(=O)c1cc(COc2ccc(C(C)(C)c3ccc(OCCCCCCCCOCCCCNc4ccc5c(c4)C(=O)N(C4CCC(=O)NC4=O)C5=O)cc3)cc2)ccn1. The van der Waals surface area contributed by atoms with Crippen molar-refractivity contribution >= 4 is 35.1 Å². The first-order chi connectivity index (χ1) is 29.0. The van der Waals surface area contributed by atoms with Gasteiger partial charge >= 0.3 is 0 Å². The normalized spacial score (nSPS) is 15.2. The second-order valence-electron chi connectivity index (χ2n) is 16.0. The third kappa shape index (κ3) is 11.4. The molecule has 2 aliphatic heterocycles. The zero-order valence-electron chi connectivity index (χ0n) is 34.9. The average Bonchev–Trinajstić information content (AvgIpc) is 3.49. The molecule has 60 heavy (non-hydrogen) atoms. The molecule has 3 heterocycles. The summed E-state index contributed by atoms with van der Waals surface area (Å²) in [5, 5.41) is 5.53. The number of carbonyl (C=O) groups is 5. The van der Waals surface area contributed by atoms with Gasteiger partial charge in [-0.3, -0.25) is 39.2 Å². The van der Waals surface area contributed by atoms with Gasteiger partial charge in [0.2, 0.25) is 11.8 Å². The quantitative estimate of drug-likeness (QED) is 0.0426. The number of nitrogens with zero attached hydrogens (tertiary/aromatic N) is 2. The Morgan fingerprint density at radius 1 is 0.750 bits per heavy atom. The molecule has 4 aromatic rings. The smallest absolute Gasteiger partial charge is 0.262 e. The summed E-state index contributed by atoms with van der Waals surface area (Å²) in [7, 11) is 0. The van der Waals surface area contributed by atoms with E-state index < -0.39 is 29.7 Å². The fraction of sp³-hybridized carbons (Fsp3) is 0.417. The highest BCUT2D eigenvalue weighted by Crippen LogP contribution is 2.34. The van der Waals surface area contributed by atoms with Gasteiger partial charge in [0.1, 0.15) is 29.8 Å². The minimum absolute atomic E-state index is 0.0644. The maximum atomic E-state index is 13.0. The number of nitrogens with one attached hydrogen (secondary N) is 2. The first-order valence-corrected chi connectivity index (χ1v) is 21.1. The van der Waals surface area contributed by atoms with Crippen LogP contribution in [0.5, 0.6) is 11.5 Å². The molecule has 316 valence electrons. The zero-order valence-corrected chi connectivity index (χ0v) is 34.9. The van der Waals surface area contributed by atoms with E-state index in [1.165, 1.54) is 30.9 Å². The van der Waals surface area contributed by atoms with E-state index in [4.69, 9.17) is 14.2 Å². The number of benzene rings is 3. The maximum absolute atomic E-state index is 13.0. The van der Waals surface area contributed by atoms with Crippen molar-refractivity contribution in [1.29, 1.82) is 0 Å². The first-order valence-electron chi connectivity index (χ1n) is 21.1. The lowest BCUT2D eigenvalue weighted by molar-refractivity contribution is -0.136. The third-order valence-corrected chi connectivity index (χ3v) is 11.2. The van der Waals surface area contributed by atoms with E-state index >= 15 is 0 Å². The van der Waals surface area contributed by atoms with Gasteiger partial charge in [0.25, 0.3) is 11.8 Å². The number of fused-ring (bicyclic) bond motifs is 1. The Balaban J connectivity index is 0.772. The molecule has 2 N–H and O–H groups in total. The molecule has 2 aliphatic rings. The van der Waals surface area contributed by atoms with Gasteiger partial charge in [0, 0.05) is 50.4 Å². The standard InChI is InChI=1S/C48H56N4O8/c1-33(53)42-30-34(24-26-50-42)32-60-39-19-14-36(15-20-39)48(2,3)35-12-17-38(18-13-35)59-29-10-7-5-4-6-9-27-58-28-11-8-25-49-37-16-21-40-41(31-37)47(57)52(46(40)56)43-22-23-44(54)51-45(43)55/h12-21,24,26,30-31,43,49H,4-11,22-23,25,27-29,32H2,1-3H3,(H,51,54,55). The van der Waals surface area contributed by atoms with Crippen molar-refractivity contribution in [3.63, 3.8) is 0 Å². The molecule has 1 atom stereocenters. The number of pyridine rings is 1. The number of imide groups is 2. The summed E-state index contributed by atoms with van der Waals surface area (Å²) in [4.78, 5) is 66.4. The van der Waals surface area contributed by atoms with Crippen LogP contribution in [0, 0.1) is 0 Å². The third-order valence-electron chi connectivity index (χ3n) is 11.2. The lowest BCUT2D eigenvalue weighted by Gasteiger charge is -2.27. The van der Waals surface area contributed by atoms with Gasteiger partial charge in [-0.1, -0.05) is 63.8 Å². The lowest BCUT2D eigenvalue weighted by atomic mass is 9.78. The van der Waals surface area contributed by atoms with E-state index in [1.54, 1.807) is 30.5 Å². The Morgan fingerprint density at radius 3 is 2.03 bits per heavy atom. The van der Waals surface area contributed by atoms with Gasteiger partial charge in [0.15, 0.2) is 5.78 Å². The van der Waals surface area contributed by atoms with Crippen molar-refractivity contribution in [3.05, 3.63) is 119 Å². The number of piperidine rings is 1. The number of anilines is 1. The number of Topliss-reactive ketones (excluding diaryl/α,β-unsaturated/α-hetero) is 1. The van der Waals surface area contributed by atoms with Crippen molar-refractivity contribution in [2.24, 2.45) is 0 Å². The largest absolute Gasteiger partial charge is 0.494 e. The molecule has 1 unspecified atom stereocenters. The molecular weight excluding hydrogens is 761 g/mol. The van der Waals surface area contributed by atoms with Crippen molar-refractivity contribution in [2.75, 3.05) is 31.7 Å². The number of rotatable bonds is 23. The summed E-state index contributed by atoms with van der Waals surface area (Å²) in [5.41, 5.74) is 4.80. The fourth-order valence-electron chi connectivity index (χ4n) is 7.47. The predicted octanol–water partition coefficient (Wildman–Crippen LogP) is 8.22. The van der Waals surface area contributed by atoms with Crippen LogP contribution in [0.1, 0.15) is 133 Å². The van der Waals surface area contributed by atoms with Crippen LogP contribution in [0.4, 0.5) is 5.69 Å². The van der Waals surface area contributed by atoms with Crippen LogP contribution in [-0.2, 0) is 26.3 Å². The number of hydrogen-bond donors (Lipinski definition) is 2. The van der Waals surface area contributed by atoms with E-state index in [0.717, 1.165) is 72.8 Å². The zero-order chi connectivity index (χ0) is 42.5. The number of hydrogen-bond acceptors (Lipinski definition) is 10. The number of aromatic nitrogens is 1. The monoisotopic (exact) mass is 816 g/mol. The van der Waals surface area contributed by atoms with Crippen LogP contribution in [0.25, 0.3) is 0 Å². The Bertz CT molecular complexity index is 2130. The van der Waals surface area contributed by atoms with Crippen LogP contribution in [0.2, 0.25) is 0 Å². The first kappa shape index (κ1) is 43.7. The number of carbonyl (C=O) groups excluding carboxylic acids is 5. The van der Waals surface area contributed by atoms with E-state index in [9.17, 15) is 24.0 Å². The second kappa shape index (κ2) is 20.9. The molecule has 1 fully saturated rings. The molecule has 12 nitrogen and oxygen atoms in total. The minimum atomic E-state index is -0.968. The van der Waals surface area contributed by atoms with Gasteiger partial charge in [0.05, 0.1) is 17.7 Å². The van der Waals surface area contributed by atoms with Crippen LogP contribution in [0.15, 0.2) is 85.1 Å². The summed E-state index contributed by atoms with van der Waals surface area (Å²) >= 11 is 0. The Kier molecular flexibility index (Phi) is 15.2. The number of unbranched alkanes of at least 4 members (excludes halogenated alkanes) is 6. The van der Waals surface area contributed by atoms with Crippen LogP contribution in [0.3, 0.4) is 0 Å². The summed E-state index contributed by atoms with van der Waals surface area (Å²) in [6, 6.07) is 24.2. The average molecular weight is 817 g/mol. The molecule has 0 saturated carbocycles. The molecule has 12 heteroatoms. The van der Waals surface area contributed by atoms with Gasteiger partial charge < -0.3 is 19.5 Å². The highest BCUT2D eigenvalue weighted by atomic mass is 16.5. The highest BCUT2D eigenvalue weighted by Gasteiger charge is 2.44. The van der Waals surface area contributed by atoms with Gasteiger partial charge in [-0.2, -0.15) is 0 Å². The maximum Gasteiger partial charge on any atom is 0.262 e. The molecule has 0 radical (unpaired) electrons. The molecule has 0 bridgehead atoms. The molecule has 0 spiro atoms. The number of amides is 4. The van der Waals surface area contributed by atoms with E-state index in [-0.39, 0.29) is 35.2 Å². The Hall–Kier alpha value is -5.88. The summed E-state index contributed by atoms with van der Waals surface area (Å²) in [5.74, 6) is -0.433. The molecule has 1 saturated heterocycles. The second-order valence-corrected chi connectivity index (χ2v) is 16.0. The molecule has 4 amide bonds. The lowest BCUT2D eigenvalue weighted by Crippen LogP contribution is -2.54. The predicted molar refractivity (Wildman–Crippen MR) is 228 cm³/mol. The van der Waals surface area contributed by atoms with Crippen LogP contribution >= 0.6 is 0 Å². The van der Waals surface area contributed by atoms with Crippen LogP contribution < -0.4 is 20.1 Å². The molecule has 3 aromatic carbocycles. The Labute approximate surface area is 352 Å². The van der Waals surface area contributed by atoms with E-state index in [0.29, 0.717) is 32.1 Å². The van der Waals surface area contributed by atoms with Crippen molar-refractivity contribution < 1.29 is 38.2 Å². The molecule has 0 aliphatic carbocycles. The fourth-order valence-corrected chi connectivity index (χ4v) is 7.47. The summed E-state index contributed by atoms with van der Waals surface area (Å²) in [6.45, 7) is 9.14. The minimum Gasteiger partial charge on any atom is -0.494 e. The molecular formula is C48H56N4O8. The van der Waals surface area contributed by atoms with Crippen molar-refractivity contribution in [3.8, 4) is 11.5 Å². The van der Waals surface area contributed by atoms with Crippen molar-refractivity contribution in [2.45, 2.75) is 103 Å². The van der Waals surface area contributed by atoms with E-state index in [2.05, 4.69) is 65.9 Å². The summed E-state index contributed by atoms with van der Waals surface area (Å²) < 4.78 is 17.9. The topological polar surface area (TPSA) is 153 Å². The van der Waals surface area contributed by atoms with E-state index in [1.807, 2.05) is 18.2 Å². The summed E-state index contributed by atoms with van der Waals surface area (Å²) in [6.07, 6.45) is 10.4. The highest BCUT2D eigenvalue weighted by molar-refractivity contribution is 6.23. The van der Waals surface area contributed by atoms with Gasteiger partial charge in [-0.05, 0) is 103 Å². The van der Waals surface area contributed by atoms with Gasteiger partial charge in [-0.15, -0.1) is 0 Å². The van der Waals surface area contributed by atoms with Crippen LogP contribution in [-0.4, -0.2) is 71.7 Å². The molecule has 6 rings (SSSR count). The van der Waals surface area contributed by atoms with Gasteiger partial charge in [-0.25, -0.2) is 0 Å². The number of ether oxygens (including phenoxy) is 3. The molecule has 1 aromatic heterocycles.